The zero-order valence-electron chi connectivity index (χ0n) is 14.3. The van der Waals surface area contributed by atoms with Gasteiger partial charge in [-0.25, -0.2) is 0 Å². The Bertz CT molecular complexity index is 342. The second-order valence-corrected chi connectivity index (χ2v) is 7.75. The predicted octanol–water partition coefficient (Wildman–Crippen LogP) is 3.34. The first-order valence-corrected chi connectivity index (χ1v) is 9.05. The molecule has 0 spiro atoms. The van der Waals surface area contributed by atoms with E-state index < -0.39 is 0 Å². The van der Waals surface area contributed by atoms with Crippen molar-refractivity contribution >= 4 is 5.91 Å². The summed E-state index contributed by atoms with van der Waals surface area (Å²) in [5.74, 6) is 3.01. The number of hydrogen-bond donors (Lipinski definition) is 2. The smallest absolute Gasteiger partial charge is 0.237 e. The molecule has 2 rings (SSSR count). The number of nitrogens with one attached hydrogen (secondary N) is 2. The maximum absolute atomic E-state index is 12.6. The highest BCUT2D eigenvalue weighted by molar-refractivity contribution is 5.82. The molecule has 1 aliphatic heterocycles. The number of carbonyl (C=O) groups excluding carboxylic acids is 1. The number of hydrogen-bond acceptors (Lipinski definition) is 2. The van der Waals surface area contributed by atoms with Crippen molar-refractivity contribution in [1.29, 1.82) is 0 Å². The lowest BCUT2D eigenvalue weighted by Gasteiger charge is -2.39. The van der Waals surface area contributed by atoms with Crippen molar-refractivity contribution in [2.24, 2.45) is 23.7 Å². The molecule has 0 bridgehead atoms. The molecule has 1 heterocycles. The summed E-state index contributed by atoms with van der Waals surface area (Å²) in [5, 5.41) is 6.81. The normalized spacial score (nSPS) is 37.5. The summed E-state index contributed by atoms with van der Waals surface area (Å²) in [4.78, 5) is 12.6. The van der Waals surface area contributed by atoms with E-state index in [0.717, 1.165) is 25.3 Å². The van der Waals surface area contributed by atoms with Crippen molar-refractivity contribution in [3.05, 3.63) is 0 Å². The third-order valence-electron chi connectivity index (χ3n) is 5.76. The van der Waals surface area contributed by atoms with Gasteiger partial charge < -0.3 is 10.6 Å². The largest absolute Gasteiger partial charge is 0.352 e. The van der Waals surface area contributed by atoms with Crippen molar-refractivity contribution < 1.29 is 4.79 Å². The minimum absolute atomic E-state index is 0.0359. The Morgan fingerprint density at radius 2 is 2.00 bits per heavy atom. The van der Waals surface area contributed by atoms with Crippen LogP contribution in [0.5, 0.6) is 0 Å². The fourth-order valence-electron chi connectivity index (χ4n) is 4.22. The van der Waals surface area contributed by atoms with Gasteiger partial charge in [-0.2, -0.15) is 0 Å². The van der Waals surface area contributed by atoms with Gasteiger partial charge in [0.05, 0.1) is 6.04 Å². The van der Waals surface area contributed by atoms with Gasteiger partial charge in [0.25, 0.3) is 0 Å². The summed E-state index contributed by atoms with van der Waals surface area (Å²) in [7, 11) is 0. The molecule has 0 aromatic rings. The molecule has 0 aromatic carbocycles. The third-order valence-corrected chi connectivity index (χ3v) is 5.76. The van der Waals surface area contributed by atoms with Crippen LogP contribution in [0.4, 0.5) is 0 Å². The molecule has 0 radical (unpaired) electrons. The molecule has 5 atom stereocenters. The highest BCUT2D eigenvalue weighted by Crippen LogP contribution is 2.33. The Balaban J connectivity index is 1.93. The molecule has 1 amide bonds. The van der Waals surface area contributed by atoms with Crippen LogP contribution in [-0.2, 0) is 4.79 Å². The Labute approximate surface area is 130 Å². The minimum atomic E-state index is 0.0359. The summed E-state index contributed by atoms with van der Waals surface area (Å²) in [5.41, 5.74) is 0. The lowest BCUT2D eigenvalue weighted by atomic mass is 9.74. The first-order chi connectivity index (χ1) is 10.0. The van der Waals surface area contributed by atoms with Gasteiger partial charge in [-0.1, -0.05) is 40.5 Å². The average Bonchev–Trinajstić information content (AvgIpc) is 2.47. The van der Waals surface area contributed by atoms with Crippen LogP contribution in [0.1, 0.15) is 66.2 Å². The summed E-state index contributed by atoms with van der Waals surface area (Å²) in [6, 6.07) is 0.416. The van der Waals surface area contributed by atoms with Crippen molar-refractivity contribution in [2.45, 2.75) is 78.3 Å². The number of rotatable bonds is 4. The van der Waals surface area contributed by atoms with E-state index in [4.69, 9.17) is 0 Å². The predicted molar refractivity (Wildman–Crippen MR) is 88.1 cm³/mol. The average molecular weight is 294 g/mol. The van der Waals surface area contributed by atoms with Crippen molar-refractivity contribution in [3.8, 4) is 0 Å². The van der Waals surface area contributed by atoms with Crippen LogP contribution in [0.2, 0.25) is 0 Å². The molecule has 2 aliphatic rings. The second-order valence-electron chi connectivity index (χ2n) is 7.75. The van der Waals surface area contributed by atoms with Gasteiger partial charge in [-0.05, 0) is 55.9 Å². The van der Waals surface area contributed by atoms with Crippen LogP contribution in [0, 0.1) is 23.7 Å². The topological polar surface area (TPSA) is 41.1 Å². The van der Waals surface area contributed by atoms with E-state index in [-0.39, 0.29) is 11.9 Å². The van der Waals surface area contributed by atoms with Gasteiger partial charge in [0.1, 0.15) is 0 Å². The maximum atomic E-state index is 12.6. The van der Waals surface area contributed by atoms with Crippen LogP contribution < -0.4 is 10.6 Å². The lowest BCUT2D eigenvalue weighted by molar-refractivity contribution is -0.125. The molecule has 0 aromatic heterocycles. The molecule has 1 saturated heterocycles. The highest BCUT2D eigenvalue weighted by atomic mass is 16.2. The minimum Gasteiger partial charge on any atom is -0.352 e. The monoisotopic (exact) mass is 294 g/mol. The van der Waals surface area contributed by atoms with Crippen molar-refractivity contribution in [3.63, 3.8) is 0 Å². The Morgan fingerprint density at radius 3 is 2.67 bits per heavy atom. The van der Waals surface area contributed by atoms with E-state index in [2.05, 4.69) is 38.3 Å². The molecule has 122 valence electrons. The molecular formula is C18H34N2O. The Hall–Kier alpha value is -0.570. The van der Waals surface area contributed by atoms with E-state index >= 15 is 0 Å². The highest BCUT2D eigenvalue weighted by Gasteiger charge is 2.34. The van der Waals surface area contributed by atoms with Gasteiger partial charge in [0.2, 0.25) is 5.91 Å². The molecule has 3 heteroatoms. The summed E-state index contributed by atoms with van der Waals surface area (Å²) < 4.78 is 0. The molecule has 1 aliphatic carbocycles. The lowest BCUT2D eigenvalue weighted by Crippen LogP contribution is -2.54. The molecule has 1 saturated carbocycles. The van der Waals surface area contributed by atoms with Gasteiger partial charge in [-0.3, -0.25) is 4.79 Å². The first kappa shape index (κ1) is 16.8. The van der Waals surface area contributed by atoms with E-state index in [9.17, 15) is 4.79 Å². The van der Waals surface area contributed by atoms with Crippen LogP contribution in [0.15, 0.2) is 0 Å². The fourth-order valence-corrected chi connectivity index (χ4v) is 4.22. The van der Waals surface area contributed by atoms with Crippen molar-refractivity contribution in [1.82, 2.24) is 10.6 Å². The van der Waals surface area contributed by atoms with Crippen LogP contribution >= 0.6 is 0 Å². The Morgan fingerprint density at radius 1 is 1.24 bits per heavy atom. The van der Waals surface area contributed by atoms with Crippen LogP contribution in [-0.4, -0.2) is 24.5 Å². The zero-order valence-corrected chi connectivity index (χ0v) is 14.3. The standard InChI is InChI=1S/C18H34N2O/c1-5-14-8-9-19-17(11-14)18(21)20-16-10-13(4)6-7-15(16)12(2)3/h12-17,19H,5-11H2,1-4H3,(H,20,21). The summed E-state index contributed by atoms with van der Waals surface area (Å²) in [6.45, 7) is 10.1. The number of amides is 1. The fraction of sp³-hybridized carbons (Fsp3) is 0.944. The SMILES string of the molecule is CCC1CCNC(C(=O)NC2CC(C)CCC2C(C)C)C1. The van der Waals surface area contributed by atoms with Gasteiger partial charge >= 0.3 is 0 Å². The Kier molecular flexibility index (Phi) is 6.09. The third kappa shape index (κ3) is 4.45. The molecule has 2 N–H and O–H groups in total. The van der Waals surface area contributed by atoms with Gasteiger partial charge in [0, 0.05) is 6.04 Å². The van der Waals surface area contributed by atoms with Gasteiger partial charge in [-0.15, -0.1) is 0 Å². The molecular weight excluding hydrogens is 260 g/mol. The molecule has 3 nitrogen and oxygen atoms in total. The molecule has 2 fully saturated rings. The van der Waals surface area contributed by atoms with E-state index in [1.165, 1.54) is 25.7 Å². The molecule has 21 heavy (non-hydrogen) atoms. The van der Waals surface area contributed by atoms with Crippen LogP contribution in [0.25, 0.3) is 0 Å². The van der Waals surface area contributed by atoms with E-state index in [0.29, 0.717) is 23.8 Å². The number of carbonyl (C=O) groups is 1. The first-order valence-electron chi connectivity index (χ1n) is 9.05. The number of piperidine rings is 1. The summed E-state index contributed by atoms with van der Waals surface area (Å²) >= 11 is 0. The van der Waals surface area contributed by atoms with Crippen molar-refractivity contribution in [2.75, 3.05) is 6.54 Å². The molecule has 5 unspecified atom stereocenters. The maximum Gasteiger partial charge on any atom is 0.237 e. The van der Waals surface area contributed by atoms with E-state index in [1.807, 2.05) is 0 Å². The van der Waals surface area contributed by atoms with Crippen LogP contribution in [0.3, 0.4) is 0 Å². The zero-order chi connectivity index (χ0) is 15.4. The van der Waals surface area contributed by atoms with Gasteiger partial charge in [0.15, 0.2) is 0 Å². The quantitative estimate of drug-likeness (QED) is 0.835. The second kappa shape index (κ2) is 7.62. The summed E-state index contributed by atoms with van der Waals surface area (Å²) in [6.07, 6.45) is 7.15. The van der Waals surface area contributed by atoms with E-state index in [1.54, 1.807) is 0 Å².